The highest BCUT2D eigenvalue weighted by Gasteiger charge is 2.27. The van der Waals surface area contributed by atoms with Crippen LogP contribution in [0.2, 0.25) is 5.02 Å². The van der Waals surface area contributed by atoms with Crippen LogP contribution in [0, 0.1) is 6.92 Å². The van der Waals surface area contributed by atoms with Crippen LogP contribution in [0.25, 0.3) is 0 Å². The highest BCUT2D eigenvalue weighted by Crippen LogP contribution is 2.27. The van der Waals surface area contributed by atoms with E-state index in [4.69, 9.17) is 16.3 Å². The highest BCUT2D eigenvalue weighted by atomic mass is 35.5. The lowest BCUT2D eigenvalue weighted by Crippen LogP contribution is -2.41. The van der Waals surface area contributed by atoms with Crippen LogP contribution in [-0.4, -0.2) is 34.5 Å². The van der Waals surface area contributed by atoms with Crippen molar-refractivity contribution in [3.63, 3.8) is 0 Å². The van der Waals surface area contributed by atoms with Gasteiger partial charge in [0.25, 0.3) is 10.0 Å². The highest BCUT2D eigenvalue weighted by molar-refractivity contribution is 7.92. The number of hydrogen-bond donors (Lipinski definition) is 1. The largest absolute Gasteiger partial charge is 0.497 e. The van der Waals surface area contributed by atoms with Gasteiger partial charge in [-0.25, -0.2) is 8.42 Å². The smallest absolute Gasteiger partial charge is 0.264 e. The number of anilines is 1. The van der Waals surface area contributed by atoms with Crippen molar-refractivity contribution < 1.29 is 17.9 Å². The standard InChI is InChI=1S/C25H27ClN2O4S/c1-19-8-14-24(15-9-19)33(30,31)28(22-6-3-7-23(17-22)32-2)18-25(29)27-16-4-5-20-10-12-21(26)13-11-20/h3,6-15,17H,4-5,16,18H2,1-2H3,(H,27,29). The van der Waals surface area contributed by atoms with Gasteiger partial charge in [-0.2, -0.15) is 0 Å². The Kier molecular flexibility index (Phi) is 8.36. The first-order chi connectivity index (χ1) is 15.8. The lowest BCUT2D eigenvalue weighted by atomic mass is 10.1. The van der Waals surface area contributed by atoms with E-state index in [1.165, 1.54) is 7.11 Å². The summed E-state index contributed by atoms with van der Waals surface area (Å²) in [6, 6.07) is 20.7. The number of nitrogens with zero attached hydrogens (tertiary/aromatic N) is 1. The predicted octanol–water partition coefficient (Wildman–Crippen LogP) is 4.60. The fourth-order valence-electron chi connectivity index (χ4n) is 3.28. The first-order valence-electron chi connectivity index (χ1n) is 10.5. The van der Waals surface area contributed by atoms with Gasteiger partial charge >= 0.3 is 0 Å². The van der Waals surface area contributed by atoms with Crippen LogP contribution in [0.5, 0.6) is 5.75 Å². The molecule has 6 nitrogen and oxygen atoms in total. The van der Waals surface area contributed by atoms with Gasteiger partial charge in [0.2, 0.25) is 5.91 Å². The average Bonchev–Trinajstić information content (AvgIpc) is 2.81. The molecule has 0 aliphatic rings. The predicted molar refractivity (Wildman–Crippen MR) is 131 cm³/mol. The molecule has 33 heavy (non-hydrogen) atoms. The van der Waals surface area contributed by atoms with Gasteiger partial charge in [-0.1, -0.05) is 47.5 Å². The molecule has 8 heteroatoms. The number of aryl methyl sites for hydroxylation is 2. The molecule has 3 rings (SSSR count). The zero-order valence-electron chi connectivity index (χ0n) is 18.6. The van der Waals surface area contributed by atoms with Crippen LogP contribution in [0.3, 0.4) is 0 Å². The molecule has 0 aliphatic heterocycles. The Balaban J connectivity index is 1.72. The molecule has 0 fully saturated rings. The lowest BCUT2D eigenvalue weighted by Gasteiger charge is -2.24. The van der Waals surface area contributed by atoms with E-state index in [1.54, 1.807) is 48.5 Å². The Morgan fingerprint density at radius 1 is 1.03 bits per heavy atom. The Hall–Kier alpha value is -3.03. The van der Waals surface area contributed by atoms with Gasteiger partial charge in [0, 0.05) is 17.6 Å². The van der Waals surface area contributed by atoms with Crippen LogP contribution in [0.4, 0.5) is 5.69 Å². The van der Waals surface area contributed by atoms with Crippen molar-refractivity contribution in [3.8, 4) is 5.75 Å². The van der Waals surface area contributed by atoms with Crippen molar-refractivity contribution in [3.05, 3.63) is 88.9 Å². The number of ether oxygens (including phenoxy) is 1. The molecule has 0 saturated heterocycles. The third-order valence-corrected chi connectivity index (χ3v) is 7.16. The molecule has 0 bridgehead atoms. The number of rotatable bonds is 10. The summed E-state index contributed by atoms with van der Waals surface area (Å²) in [5.41, 5.74) is 2.42. The Morgan fingerprint density at radius 2 is 1.73 bits per heavy atom. The van der Waals surface area contributed by atoms with Crippen LogP contribution in [0.15, 0.2) is 77.7 Å². The maximum Gasteiger partial charge on any atom is 0.264 e. The zero-order chi connectivity index (χ0) is 23.8. The van der Waals surface area contributed by atoms with E-state index in [0.29, 0.717) is 23.0 Å². The molecule has 0 unspecified atom stereocenters. The average molecular weight is 487 g/mol. The van der Waals surface area contributed by atoms with Crippen LogP contribution < -0.4 is 14.4 Å². The van der Waals surface area contributed by atoms with E-state index in [-0.39, 0.29) is 17.3 Å². The first-order valence-corrected chi connectivity index (χ1v) is 12.4. The van der Waals surface area contributed by atoms with E-state index in [0.717, 1.165) is 28.3 Å². The number of carbonyl (C=O) groups excluding carboxylic acids is 1. The summed E-state index contributed by atoms with van der Waals surface area (Å²) in [5.74, 6) is 0.115. The number of hydrogen-bond acceptors (Lipinski definition) is 4. The minimum absolute atomic E-state index is 0.117. The van der Waals surface area contributed by atoms with E-state index < -0.39 is 10.0 Å². The maximum atomic E-state index is 13.4. The van der Waals surface area contributed by atoms with Gasteiger partial charge in [-0.3, -0.25) is 9.10 Å². The molecular weight excluding hydrogens is 460 g/mol. The number of methoxy groups -OCH3 is 1. The van der Waals surface area contributed by atoms with Crippen molar-refractivity contribution in [2.45, 2.75) is 24.7 Å². The SMILES string of the molecule is COc1cccc(N(CC(=O)NCCCc2ccc(Cl)cc2)S(=O)(=O)c2ccc(C)cc2)c1. The number of carbonyl (C=O) groups is 1. The second-order valence-corrected chi connectivity index (χ2v) is 9.90. The minimum Gasteiger partial charge on any atom is -0.497 e. The first kappa shape index (κ1) is 24.6. The second kappa shape index (κ2) is 11.2. The van der Waals surface area contributed by atoms with E-state index in [9.17, 15) is 13.2 Å². The molecule has 0 aliphatic carbocycles. The number of nitrogens with one attached hydrogen (secondary N) is 1. The summed E-state index contributed by atoms with van der Waals surface area (Å²) in [6.45, 7) is 1.97. The number of sulfonamides is 1. The van der Waals surface area contributed by atoms with Crippen molar-refractivity contribution in [2.75, 3.05) is 24.5 Å². The normalized spacial score (nSPS) is 11.1. The van der Waals surface area contributed by atoms with Gasteiger partial charge in [0.1, 0.15) is 12.3 Å². The van der Waals surface area contributed by atoms with Crippen molar-refractivity contribution in [1.82, 2.24) is 5.32 Å². The summed E-state index contributed by atoms with van der Waals surface area (Å²) < 4.78 is 33.2. The molecule has 0 heterocycles. The van der Waals surface area contributed by atoms with Crippen molar-refractivity contribution >= 4 is 33.2 Å². The Bertz CT molecular complexity index is 1180. The summed E-state index contributed by atoms with van der Waals surface area (Å²) in [6.07, 6.45) is 1.50. The lowest BCUT2D eigenvalue weighted by molar-refractivity contribution is -0.119. The van der Waals surface area contributed by atoms with Crippen LogP contribution in [0.1, 0.15) is 17.5 Å². The van der Waals surface area contributed by atoms with Crippen molar-refractivity contribution in [2.24, 2.45) is 0 Å². The maximum absolute atomic E-state index is 13.4. The zero-order valence-corrected chi connectivity index (χ0v) is 20.2. The molecular formula is C25H27ClN2O4S. The monoisotopic (exact) mass is 486 g/mol. The molecule has 3 aromatic rings. The topological polar surface area (TPSA) is 75.7 Å². The Morgan fingerprint density at radius 3 is 2.39 bits per heavy atom. The number of amides is 1. The molecule has 1 amide bonds. The van der Waals surface area contributed by atoms with Gasteiger partial charge < -0.3 is 10.1 Å². The molecule has 0 atom stereocenters. The summed E-state index contributed by atoms with van der Waals surface area (Å²) >= 11 is 5.90. The van der Waals surface area contributed by atoms with Crippen LogP contribution >= 0.6 is 11.6 Å². The third kappa shape index (κ3) is 6.73. The molecule has 0 aromatic heterocycles. The van der Waals surface area contributed by atoms with E-state index in [2.05, 4.69) is 5.32 Å². The molecule has 0 saturated carbocycles. The van der Waals surface area contributed by atoms with Gasteiger partial charge in [0.15, 0.2) is 0 Å². The van der Waals surface area contributed by atoms with E-state index >= 15 is 0 Å². The molecule has 3 aromatic carbocycles. The molecule has 1 N–H and O–H groups in total. The molecule has 0 radical (unpaired) electrons. The van der Waals surface area contributed by atoms with Gasteiger partial charge in [0.05, 0.1) is 17.7 Å². The fraction of sp³-hybridized carbons (Fsp3) is 0.240. The molecule has 174 valence electrons. The Labute approximate surface area is 200 Å². The van der Waals surface area contributed by atoms with Crippen LogP contribution in [-0.2, 0) is 21.2 Å². The fourth-order valence-corrected chi connectivity index (χ4v) is 4.81. The van der Waals surface area contributed by atoms with E-state index in [1.807, 2.05) is 31.2 Å². The summed E-state index contributed by atoms with van der Waals surface area (Å²) in [4.78, 5) is 12.8. The number of benzene rings is 3. The molecule has 0 spiro atoms. The quantitative estimate of drug-likeness (QED) is 0.425. The van der Waals surface area contributed by atoms with Gasteiger partial charge in [-0.15, -0.1) is 0 Å². The minimum atomic E-state index is -3.96. The second-order valence-electron chi connectivity index (χ2n) is 7.61. The van der Waals surface area contributed by atoms with Crippen molar-refractivity contribution in [1.29, 1.82) is 0 Å². The van der Waals surface area contributed by atoms with Gasteiger partial charge in [-0.05, 0) is 61.7 Å². The third-order valence-electron chi connectivity index (χ3n) is 5.12. The summed E-state index contributed by atoms with van der Waals surface area (Å²) in [7, 11) is -2.46. The number of halogens is 1. The summed E-state index contributed by atoms with van der Waals surface area (Å²) in [5, 5.41) is 3.50.